The number of hydrogen-bond acceptors (Lipinski definition) is 3. The summed E-state index contributed by atoms with van der Waals surface area (Å²) in [6.07, 6.45) is -0.700. The third kappa shape index (κ3) is 3.76. The van der Waals surface area contributed by atoms with Gasteiger partial charge in [-0.15, -0.1) is 0 Å². The summed E-state index contributed by atoms with van der Waals surface area (Å²) in [5.74, 6) is -3.16. The van der Waals surface area contributed by atoms with E-state index < -0.39 is 12.1 Å². The number of rotatable bonds is 4. The first-order valence-corrected chi connectivity index (χ1v) is 3.29. The van der Waals surface area contributed by atoms with Gasteiger partial charge >= 0.3 is 5.97 Å². The first kappa shape index (κ1) is 9.81. The van der Waals surface area contributed by atoms with Crippen molar-refractivity contribution in [2.45, 2.75) is 38.3 Å². The number of halogens is 1. The molecular formula is C6H13FO3. The molecular weight excluding hydrogens is 139 g/mol. The summed E-state index contributed by atoms with van der Waals surface area (Å²) in [6.45, 7) is 1.85. The van der Waals surface area contributed by atoms with Gasteiger partial charge in [-0.1, -0.05) is 19.8 Å². The summed E-state index contributed by atoms with van der Waals surface area (Å²) in [4.78, 5) is 0. The van der Waals surface area contributed by atoms with Gasteiger partial charge in [0.25, 0.3) is 0 Å². The standard InChI is InChI=1S/C6H13FO3/c1-2-3-4-5(7)6(8,9)10/h5,8-10H,2-4H2,1H3. The fourth-order valence-electron chi connectivity index (χ4n) is 0.577. The Kier molecular flexibility index (Phi) is 3.78. The van der Waals surface area contributed by atoms with Gasteiger partial charge in [-0.25, -0.2) is 4.39 Å². The van der Waals surface area contributed by atoms with Crippen molar-refractivity contribution in [3.05, 3.63) is 0 Å². The van der Waals surface area contributed by atoms with E-state index >= 15 is 0 Å². The topological polar surface area (TPSA) is 60.7 Å². The van der Waals surface area contributed by atoms with Gasteiger partial charge in [0.2, 0.25) is 0 Å². The van der Waals surface area contributed by atoms with E-state index in [4.69, 9.17) is 15.3 Å². The van der Waals surface area contributed by atoms with Crippen molar-refractivity contribution in [3.63, 3.8) is 0 Å². The monoisotopic (exact) mass is 152 g/mol. The van der Waals surface area contributed by atoms with Crippen LogP contribution >= 0.6 is 0 Å². The molecule has 0 saturated heterocycles. The van der Waals surface area contributed by atoms with E-state index in [0.717, 1.165) is 6.42 Å². The molecule has 0 bridgehead atoms. The Hall–Kier alpha value is -0.190. The predicted molar refractivity (Wildman–Crippen MR) is 33.8 cm³/mol. The molecule has 1 atom stereocenters. The molecule has 62 valence electrons. The molecule has 1 unspecified atom stereocenters. The quantitative estimate of drug-likeness (QED) is 0.502. The molecule has 0 aromatic rings. The van der Waals surface area contributed by atoms with E-state index in [1.54, 1.807) is 0 Å². The predicted octanol–water partition coefficient (Wildman–Crippen LogP) is 0.145. The van der Waals surface area contributed by atoms with Crippen LogP contribution in [0.1, 0.15) is 26.2 Å². The molecule has 4 heteroatoms. The molecule has 0 spiro atoms. The zero-order valence-electron chi connectivity index (χ0n) is 5.92. The maximum atomic E-state index is 12.3. The van der Waals surface area contributed by atoms with Crippen LogP contribution in [0.4, 0.5) is 4.39 Å². The SMILES string of the molecule is CCCCC(F)C(O)(O)O. The second kappa shape index (κ2) is 3.85. The average molecular weight is 152 g/mol. The van der Waals surface area contributed by atoms with Gasteiger partial charge in [0.1, 0.15) is 0 Å². The summed E-state index contributed by atoms with van der Waals surface area (Å²) >= 11 is 0. The molecule has 10 heavy (non-hydrogen) atoms. The van der Waals surface area contributed by atoms with Crippen molar-refractivity contribution < 1.29 is 19.7 Å². The summed E-state index contributed by atoms with van der Waals surface area (Å²) in [7, 11) is 0. The van der Waals surface area contributed by atoms with Crippen LogP contribution in [0.2, 0.25) is 0 Å². The molecule has 0 aromatic heterocycles. The van der Waals surface area contributed by atoms with E-state index in [2.05, 4.69) is 0 Å². The summed E-state index contributed by atoms with van der Waals surface area (Å²) in [6, 6.07) is 0. The normalized spacial score (nSPS) is 15.3. The molecule has 3 N–H and O–H groups in total. The van der Waals surface area contributed by atoms with Gasteiger partial charge < -0.3 is 15.3 Å². The van der Waals surface area contributed by atoms with Gasteiger partial charge in [0, 0.05) is 0 Å². The molecule has 0 amide bonds. The largest absolute Gasteiger partial charge is 0.341 e. The zero-order chi connectivity index (χ0) is 8.20. The lowest BCUT2D eigenvalue weighted by Gasteiger charge is -2.18. The number of hydrogen-bond donors (Lipinski definition) is 3. The molecule has 0 aliphatic rings. The van der Waals surface area contributed by atoms with Gasteiger partial charge in [-0.2, -0.15) is 0 Å². The Bertz CT molecular complexity index is 89.5. The van der Waals surface area contributed by atoms with Crippen molar-refractivity contribution in [3.8, 4) is 0 Å². The maximum Gasteiger partial charge on any atom is 0.308 e. The molecule has 3 nitrogen and oxygen atoms in total. The first-order chi connectivity index (χ1) is 4.48. The second-order valence-corrected chi connectivity index (χ2v) is 2.30. The van der Waals surface area contributed by atoms with Gasteiger partial charge in [0.05, 0.1) is 0 Å². The van der Waals surface area contributed by atoms with Crippen LogP contribution in [0.15, 0.2) is 0 Å². The molecule has 0 heterocycles. The van der Waals surface area contributed by atoms with Crippen LogP contribution < -0.4 is 0 Å². The number of unbranched alkanes of at least 4 members (excludes halogenated alkanes) is 1. The van der Waals surface area contributed by atoms with Crippen LogP contribution in [-0.4, -0.2) is 27.5 Å². The first-order valence-electron chi connectivity index (χ1n) is 3.29. The lowest BCUT2D eigenvalue weighted by Crippen LogP contribution is -2.38. The lowest BCUT2D eigenvalue weighted by atomic mass is 10.1. The van der Waals surface area contributed by atoms with E-state index in [1.807, 2.05) is 6.92 Å². The molecule has 0 fully saturated rings. The minimum atomic E-state index is -3.16. The van der Waals surface area contributed by atoms with Crippen molar-refractivity contribution in [2.75, 3.05) is 0 Å². The van der Waals surface area contributed by atoms with E-state index in [-0.39, 0.29) is 6.42 Å². The molecule has 0 aliphatic carbocycles. The highest BCUT2D eigenvalue weighted by Gasteiger charge is 2.31. The molecule has 0 saturated carbocycles. The van der Waals surface area contributed by atoms with E-state index in [9.17, 15) is 4.39 Å². The van der Waals surface area contributed by atoms with Crippen molar-refractivity contribution in [2.24, 2.45) is 0 Å². The smallest absolute Gasteiger partial charge is 0.308 e. The van der Waals surface area contributed by atoms with E-state index in [0.29, 0.717) is 6.42 Å². The highest BCUT2D eigenvalue weighted by molar-refractivity contribution is 4.62. The maximum absolute atomic E-state index is 12.3. The number of alkyl halides is 1. The zero-order valence-corrected chi connectivity index (χ0v) is 5.92. The Labute approximate surface area is 59.1 Å². The van der Waals surface area contributed by atoms with Crippen LogP contribution in [0, 0.1) is 0 Å². The second-order valence-electron chi connectivity index (χ2n) is 2.30. The van der Waals surface area contributed by atoms with Crippen LogP contribution in [0.5, 0.6) is 0 Å². The fourth-order valence-corrected chi connectivity index (χ4v) is 0.577. The van der Waals surface area contributed by atoms with Gasteiger partial charge in [0.15, 0.2) is 6.17 Å². The highest BCUT2D eigenvalue weighted by Crippen LogP contribution is 2.13. The van der Waals surface area contributed by atoms with Crippen molar-refractivity contribution in [1.29, 1.82) is 0 Å². The van der Waals surface area contributed by atoms with Crippen LogP contribution in [-0.2, 0) is 0 Å². The number of aliphatic hydroxyl groups is 3. The Morgan fingerprint density at radius 2 is 1.90 bits per heavy atom. The van der Waals surface area contributed by atoms with E-state index in [1.165, 1.54) is 0 Å². The third-order valence-corrected chi connectivity index (χ3v) is 1.23. The van der Waals surface area contributed by atoms with Gasteiger partial charge in [-0.05, 0) is 6.42 Å². The molecule has 0 radical (unpaired) electrons. The minimum Gasteiger partial charge on any atom is -0.341 e. The lowest BCUT2D eigenvalue weighted by molar-refractivity contribution is -0.342. The Morgan fingerprint density at radius 1 is 1.40 bits per heavy atom. The average Bonchev–Trinajstić information content (AvgIpc) is 1.80. The third-order valence-electron chi connectivity index (χ3n) is 1.23. The molecule has 0 rings (SSSR count). The van der Waals surface area contributed by atoms with Gasteiger partial charge in [-0.3, -0.25) is 0 Å². The molecule has 0 aromatic carbocycles. The fraction of sp³-hybridized carbons (Fsp3) is 1.00. The Balaban J connectivity index is 3.52. The highest BCUT2D eigenvalue weighted by atomic mass is 19.1. The minimum absolute atomic E-state index is 0.0278. The van der Waals surface area contributed by atoms with Crippen molar-refractivity contribution >= 4 is 0 Å². The Morgan fingerprint density at radius 3 is 2.20 bits per heavy atom. The van der Waals surface area contributed by atoms with Crippen LogP contribution in [0.3, 0.4) is 0 Å². The summed E-state index contributed by atoms with van der Waals surface area (Å²) in [5.41, 5.74) is 0. The summed E-state index contributed by atoms with van der Waals surface area (Å²) in [5, 5.41) is 24.7. The van der Waals surface area contributed by atoms with Crippen LogP contribution in [0.25, 0.3) is 0 Å². The van der Waals surface area contributed by atoms with Crippen molar-refractivity contribution in [1.82, 2.24) is 0 Å². The summed E-state index contributed by atoms with van der Waals surface area (Å²) < 4.78 is 12.3. The molecule has 0 aliphatic heterocycles.